The van der Waals surface area contributed by atoms with Gasteiger partial charge in [-0.2, -0.15) is 0 Å². The van der Waals surface area contributed by atoms with E-state index in [1.807, 2.05) is 18.7 Å². The minimum Gasteiger partial charge on any atom is -0.340 e. The summed E-state index contributed by atoms with van der Waals surface area (Å²) in [6.07, 6.45) is 4.97. The van der Waals surface area contributed by atoms with E-state index >= 15 is 0 Å². The minimum atomic E-state index is -0.777. The molecular formula is C17H30N2O2. The lowest BCUT2D eigenvalue weighted by Gasteiger charge is -2.46. The second-order valence-corrected chi connectivity index (χ2v) is 7.78. The molecule has 2 rings (SSSR count). The fourth-order valence-electron chi connectivity index (χ4n) is 3.84. The first-order valence-corrected chi connectivity index (χ1v) is 8.37. The molecule has 0 aromatic heterocycles. The Morgan fingerprint density at radius 3 is 2.43 bits per heavy atom. The van der Waals surface area contributed by atoms with Gasteiger partial charge < -0.3 is 10.2 Å². The summed E-state index contributed by atoms with van der Waals surface area (Å²) in [5, 5.41) is 2.89. The summed E-state index contributed by atoms with van der Waals surface area (Å²) in [6.45, 7) is 10.7. The first kappa shape index (κ1) is 16.3. The topological polar surface area (TPSA) is 49.4 Å². The average Bonchev–Trinajstić information content (AvgIpc) is 2.37. The summed E-state index contributed by atoms with van der Waals surface area (Å²) in [6, 6.07) is -0.320. The summed E-state index contributed by atoms with van der Waals surface area (Å²) in [4.78, 5) is 27.1. The van der Waals surface area contributed by atoms with Gasteiger partial charge in [-0.25, -0.2) is 0 Å². The number of nitrogens with zero attached hydrogens (tertiary/aromatic N) is 1. The first-order valence-electron chi connectivity index (χ1n) is 8.37. The molecule has 4 nitrogen and oxygen atoms in total. The lowest BCUT2D eigenvalue weighted by atomic mass is 9.79. The van der Waals surface area contributed by atoms with Gasteiger partial charge in [0.25, 0.3) is 0 Å². The number of piperazine rings is 1. The van der Waals surface area contributed by atoms with Gasteiger partial charge in [0.1, 0.15) is 11.6 Å². The molecular weight excluding hydrogens is 264 g/mol. The zero-order chi connectivity index (χ0) is 15.8. The average molecular weight is 294 g/mol. The highest BCUT2D eigenvalue weighted by molar-refractivity contribution is 5.99. The first-order chi connectivity index (χ1) is 9.74. The van der Waals surface area contributed by atoms with E-state index in [-0.39, 0.29) is 23.8 Å². The number of hydrogen-bond acceptors (Lipinski definition) is 2. The molecule has 2 amide bonds. The molecule has 1 aliphatic carbocycles. The van der Waals surface area contributed by atoms with Gasteiger partial charge in [-0.15, -0.1) is 0 Å². The van der Waals surface area contributed by atoms with Crippen LogP contribution in [0.3, 0.4) is 0 Å². The van der Waals surface area contributed by atoms with E-state index in [0.717, 1.165) is 6.54 Å². The van der Waals surface area contributed by atoms with Crippen LogP contribution in [0.1, 0.15) is 60.3 Å². The van der Waals surface area contributed by atoms with Gasteiger partial charge in [0.15, 0.2) is 0 Å². The van der Waals surface area contributed by atoms with E-state index in [2.05, 4.69) is 12.2 Å². The summed E-state index contributed by atoms with van der Waals surface area (Å²) < 4.78 is 0. The quantitative estimate of drug-likeness (QED) is 0.869. The van der Waals surface area contributed by atoms with E-state index in [9.17, 15) is 9.59 Å². The number of carbonyl (C=O) groups excluding carboxylic acids is 2. The van der Waals surface area contributed by atoms with Crippen LogP contribution in [0, 0.1) is 17.8 Å². The maximum absolute atomic E-state index is 12.8. The molecule has 1 aliphatic heterocycles. The molecule has 1 saturated carbocycles. The van der Waals surface area contributed by atoms with E-state index in [1.165, 1.54) is 25.7 Å². The van der Waals surface area contributed by atoms with Gasteiger partial charge in [0, 0.05) is 6.54 Å². The van der Waals surface area contributed by atoms with Crippen molar-refractivity contribution in [2.24, 2.45) is 17.8 Å². The normalized spacial score (nSPS) is 33.2. The third-order valence-corrected chi connectivity index (χ3v) is 5.19. The summed E-state index contributed by atoms with van der Waals surface area (Å²) in [7, 11) is 0. The monoisotopic (exact) mass is 294 g/mol. The Balaban J connectivity index is 2.21. The fraction of sp³-hybridized carbons (Fsp3) is 0.882. The van der Waals surface area contributed by atoms with E-state index in [1.54, 1.807) is 13.8 Å². The Kier molecular flexibility index (Phi) is 4.64. The van der Waals surface area contributed by atoms with Crippen LogP contribution in [-0.2, 0) is 9.59 Å². The maximum atomic E-state index is 12.8. The van der Waals surface area contributed by atoms with Crippen molar-refractivity contribution < 1.29 is 9.59 Å². The standard InChI is InChI=1S/C17H30N2O2/c1-11(2)14-15(20)18-17(4,5)16(21)19(14)10-13-9-7-6-8-12(13)3/h11-14H,6-10H2,1-5H3,(H,18,20). The highest BCUT2D eigenvalue weighted by Crippen LogP contribution is 2.32. The Bertz CT molecular complexity index is 417. The highest BCUT2D eigenvalue weighted by atomic mass is 16.2. The van der Waals surface area contributed by atoms with Crippen LogP contribution in [0.4, 0.5) is 0 Å². The molecule has 1 heterocycles. The van der Waals surface area contributed by atoms with Gasteiger partial charge in [-0.05, 0) is 38.0 Å². The van der Waals surface area contributed by atoms with Crippen molar-refractivity contribution in [3.05, 3.63) is 0 Å². The molecule has 120 valence electrons. The predicted octanol–water partition coefficient (Wildman–Crippen LogP) is 2.57. The van der Waals surface area contributed by atoms with Crippen molar-refractivity contribution in [2.45, 2.75) is 71.9 Å². The van der Waals surface area contributed by atoms with Crippen LogP contribution in [-0.4, -0.2) is 34.8 Å². The molecule has 1 N–H and O–H groups in total. The summed E-state index contributed by atoms with van der Waals surface area (Å²) >= 11 is 0. The molecule has 3 unspecified atom stereocenters. The lowest BCUT2D eigenvalue weighted by Crippen LogP contribution is -2.69. The molecule has 0 aromatic rings. The van der Waals surface area contributed by atoms with Gasteiger partial charge in [0.05, 0.1) is 0 Å². The molecule has 0 spiro atoms. The molecule has 1 saturated heterocycles. The molecule has 0 bridgehead atoms. The van der Waals surface area contributed by atoms with Crippen molar-refractivity contribution in [1.82, 2.24) is 10.2 Å². The van der Waals surface area contributed by atoms with E-state index < -0.39 is 5.54 Å². The lowest BCUT2D eigenvalue weighted by molar-refractivity contribution is -0.156. The van der Waals surface area contributed by atoms with Crippen LogP contribution < -0.4 is 5.32 Å². The maximum Gasteiger partial charge on any atom is 0.248 e. The number of hydrogen-bond donors (Lipinski definition) is 1. The minimum absolute atomic E-state index is 0.00179. The number of nitrogens with one attached hydrogen (secondary N) is 1. The molecule has 21 heavy (non-hydrogen) atoms. The Labute approximate surface area is 128 Å². The fourth-order valence-corrected chi connectivity index (χ4v) is 3.84. The van der Waals surface area contributed by atoms with Crippen LogP contribution in [0.25, 0.3) is 0 Å². The molecule has 2 fully saturated rings. The van der Waals surface area contributed by atoms with Crippen LogP contribution in [0.2, 0.25) is 0 Å². The van der Waals surface area contributed by atoms with Crippen molar-refractivity contribution in [1.29, 1.82) is 0 Å². The van der Waals surface area contributed by atoms with Crippen LogP contribution in [0.15, 0.2) is 0 Å². The molecule has 3 atom stereocenters. The van der Waals surface area contributed by atoms with Crippen molar-refractivity contribution >= 4 is 11.8 Å². The van der Waals surface area contributed by atoms with Gasteiger partial charge >= 0.3 is 0 Å². The molecule has 0 radical (unpaired) electrons. The zero-order valence-corrected chi connectivity index (χ0v) is 14.1. The summed E-state index contributed by atoms with van der Waals surface area (Å²) in [5.41, 5.74) is -0.777. The predicted molar refractivity (Wildman–Crippen MR) is 83.7 cm³/mol. The van der Waals surface area contributed by atoms with Gasteiger partial charge in [0.2, 0.25) is 11.8 Å². The second kappa shape index (κ2) is 5.98. The van der Waals surface area contributed by atoms with Crippen LogP contribution in [0.5, 0.6) is 0 Å². The van der Waals surface area contributed by atoms with Gasteiger partial charge in [-0.3, -0.25) is 9.59 Å². The van der Waals surface area contributed by atoms with Crippen LogP contribution >= 0.6 is 0 Å². The Morgan fingerprint density at radius 2 is 1.86 bits per heavy atom. The molecule has 0 aromatic carbocycles. The second-order valence-electron chi connectivity index (χ2n) is 7.78. The zero-order valence-electron chi connectivity index (χ0n) is 14.1. The molecule has 4 heteroatoms. The van der Waals surface area contributed by atoms with Crippen molar-refractivity contribution in [2.75, 3.05) is 6.54 Å². The third kappa shape index (κ3) is 3.24. The highest BCUT2D eigenvalue weighted by Gasteiger charge is 2.47. The Hall–Kier alpha value is -1.06. The number of carbonyl (C=O) groups is 2. The van der Waals surface area contributed by atoms with E-state index in [0.29, 0.717) is 11.8 Å². The van der Waals surface area contributed by atoms with Crippen molar-refractivity contribution in [3.8, 4) is 0 Å². The largest absolute Gasteiger partial charge is 0.340 e. The number of amides is 2. The smallest absolute Gasteiger partial charge is 0.248 e. The third-order valence-electron chi connectivity index (χ3n) is 5.19. The van der Waals surface area contributed by atoms with Crippen molar-refractivity contribution in [3.63, 3.8) is 0 Å². The van der Waals surface area contributed by atoms with E-state index in [4.69, 9.17) is 0 Å². The SMILES string of the molecule is CC(C)C1C(=O)NC(C)(C)C(=O)N1CC1CCCCC1C. The number of rotatable bonds is 3. The van der Waals surface area contributed by atoms with Gasteiger partial charge in [-0.1, -0.05) is 40.0 Å². The Morgan fingerprint density at radius 1 is 1.24 bits per heavy atom. The summed E-state index contributed by atoms with van der Waals surface area (Å²) in [5.74, 6) is 1.39. The molecule has 2 aliphatic rings.